The topological polar surface area (TPSA) is 65.4 Å². The van der Waals surface area contributed by atoms with Crippen LogP contribution >= 0.6 is 0 Å². The maximum Gasteiger partial charge on any atom is 0.231 e. The quantitative estimate of drug-likeness (QED) is 0.556. The van der Waals surface area contributed by atoms with Gasteiger partial charge in [0.1, 0.15) is 0 Å². The first kappa shape index (κ1) is 20.6. The van der Waals surface area contributed by atoms with Crippen molar-refractivity contribution in [3.8, 4) is 28.4 Å². The fourth-order valence-corrected chi connectivity index (χ4v) is 4.56. The number of benzene rings is 2. The van der Waals surface area contributed by atoms with E-state index < -0.39 is 0 Å². The Morgan fingerprint density at radius 1 is 1.00 bits per heavy atom. The van der Waals surface area contributed by atoms with Gasteiger partial charge in [0.15, 0.2) is 11.5 Å². The lowest BCUT2D eigenvalue weighted by Crippen LogP contribution is -2.34. The molecule has 1 aromatic heterocycles. The van der Waals surface area contributed by atoms with Crippen LogP contribution in [0.3, 0.4) is 0 Å². The van der Waals surface area contributed by atoms with Gasteiger partial charge in [-0.1, -0.05) is 43.9 Å². The third kappa shape index (κ3) is 4.64. The van der Waals surface area contributed by atoms with Gasteiger partial charge in [-0.15, -0.1) is 0 Å². The summed E-state index contributed by atoms with van der Waals surface area (Å²) in [6.07, 6.45) is 10.3. The summed E-state index contributed by atoms with van der Waals surface area (Å²) >= 11 is 0. The largest absolute Gasteiger partial charge is 0.454 e. The Labute approximate surface area is 188 Å². The molecule has 6 nitrogen and oxygen atoms in total. The van der Waals surface area contributed by atoms with Crippen LogP contribution in [-0.4, -0.2) is 28.5 Å². The zero-order valence-corrected chi connectivity index (χ0v) is 18.3. The molecule has 1 fully saturated rings. The van der Waals surface area contributed by atoms with E-state index in [4.69, 9.17) is 14.6 Å². The number of carbonyl (C=O) groups is 1. The van der Waals surface area contributed by atoms with Crippen molar-refractivity contribution in [3.05, 3.63) is 60.3 Å². The van der Waals surface area contributed by atoms with Crippen molar-refractivity contribution >= 4 is 5.91 Å². The van der Waals surface area contributed by atoms with Gasteiger partial charge in [-0.3, -0.25) is 4.79 Å². The molecule has 1 aliphatic heterocycles. The van der Waals surface area contributed by atoms with Crippen LogP contribution in [0.4, 0.5) is 0 Å². The number of nitrogens with one attached hydrogen (secondary N) is 1. The molecule has 1 aliphatic carbocycles. The summed E-state index contributed by atoms with van der Waals surface area (Å²) in [4.78, 5) is 12.7. The van der Waals surface area contributed by atoms with Crippen LogP contribution in [0, 0.1) is 0 Å². The van der Waals surface area contributed by atoms with Crippen molar-refractivity contribution in [2.45, 2.75) is 57.4 Å². The molecule has 6 heteroatoms. The van der Waals surface area contributed by atoms with E-state index in [1.165, 1.54) is 25.7 Å². The molecule has 1 N–H and O–H groups in total. The van der Waals surface area contributed by atoms with Crippen molar-refractivity contribution in [1.82, 2.24) is 15.1 Å². The average Bonchev–Trinajstić information content (AvgIpc) is 3.39. The van der Waals surface area contributed by atoms with E-state index in [-0.39, 0.29) is 12.7 Å². The number of ether oxygens (including phenoxy) is 2. The molecule has 2 heterocycles. The fraction of sp³-hybridized carbons (Fsp3) is 0.385. The highest BCUT2D eigenvalue weighted by Crippen LogP contribution is 2.36. The van der Waals surface area contributed by atoms with E-state index in [1.54, 1.807) is 0 Å². The summed E-state index contributed by atoms with van der Waals surface area (Å²) in [5, 5.41) is 8.13. The number of fused-ring (bicyclic) bond motifs is 1. The molecule has 0 spiro atoms. The highest BCUT2D eigenvalue weighted by molar-refractivity contribution is 5.77. The summed E-state index contributed by atoms with van der Waals surface area (Å²) in [5.74, 6) is 1.61. The van der Waals surface area contributed by atoms with E-state index in [2.05, 4.69) is 5.32 Å². The van der Waals surface area contributed by atoms with Gasteiger partial charge in [-0.2, -0.15) is 5.10 Å². The van der Waals surface area contributed by atoms with E-state index >= 15 is 0 Å². The summed E-state index contributed by atoms with van der Waals surface area (Å²) < 4.78 is 12.9. The van der Waals surface area contributed by atoms with Crippen LogP contribution < -0.4 is 14.8 Å². The van der Waals surface area contributed by atoms with Crippen molar-refractivity contribution in [2.24, 2.45) is 0 Å². The van der Waals surface area contributed by atoms with Crippen molar-refractivity contribution in [1.29, 1.82) is 0 Å². The molecule has 166 valence electrons. The second-order valence-corrected chi connectivity index (χ2v) is 8.61. The van der Waals surface area contributed by atoms with Crippen LogP contribution in [0.25, 0.3) is 16.9 Å². The summed E-state index contributed by atoms with van der Waals surface area (Å²) in [6, 6.07) is 16.2. The number of rotatable bonds is 6. The predicted octanol–water partition coefficient (Wildman–Crippen LogP) is 5.04. The van der Waals surface area contributed by atoms with Crippen molar-refractivity contribution < 1.29 is 14.3 Å². The van der Waals surface area contributed by atoms with E-state index in [1.807, 2.05) is 59.4 Å². The number of hydrogen-bond donors (Lipinski definition) is 1. The predicted molar refractivity (Wildman–Crippen MR) is 123 cm³/mol. The average molecular weight is 432 g/mol. The molecule has 0 unspecified atom stereocenters. The molecule has 1 saturated carbocycles. The lowest BCUT2D eigenvalue weighted by molar-refractivity contribution is -0.121. The minimum atomic E-state index is 0.126. The maximum atomic E-state index is 12.7. The number of aryl methyl sites for hydroxylation is 1. The molecule has 0 saturated heterocycles. The van der Waals surface area contributed by atoms with Crippen LogP contribution in [-0.2, 0) is 11.2 Å². The van der Waals surface area contributed by atoms with Gasteiger partial charge in [0, 0.05) is 24.2 Å². The Morgan fingerprint density at radius 2 is 1.78 bits per heavy atom. The lowest BCUT2D eigenvalue weighted by atomic mass is 10.0. The van der Waals surface area contributed by atoms with Crippen LogP contribution in [0.2, 0.25) is 0 Å². The second kappa shape index (κ2) is 9.47. The molecule has 0 radical (unpaired) electrons. The molecular formula is C26H29N3O3. The first-order chi connectivity index (χ1) is 15.8. The van der Waals surface area contributed by atoms with Gasteiger partial charge in [-0.25, -0.2) is 4.68 Å². The first-order valence-corrected chi connectivity index (χ1v) is 11.6. The normalized spacial score (nSPS) is 16.0. The molecule has 2 aliphatic rings. The fourth-order valence-electron chi connectivity index (χ4n) is 4.56. The number of nitrogens with zero attached hydrogens (tertiary/aromatic N) is 2. The number of carbonyl (C=O) groups excluding carboxylic acids is 1. The summed E-state index contributed by atoms with van der Waals surface area (Å²) in [7, 11) is 0. The minimum Gasteiger partial charge on any atom is -0.454 e. The maximum absolute atomic E-state index is 12.7. The van der Waals surface area contributed by atoms with Gasteiger partial charge in [-0.05, 0) is 55.2 Å². The second-order valence-electron chi connectivity index (χ2n) is 8.61. The third-order valence-electron chi connectivity index (χ3n) is 6.30. The van der Waals surface area contributed by atoms with Crippen molar-refractivity contribution in [3.63, 3.8) is 0 Å². The molecule has 32 heavy (non-hydrogen) atoms. The monoisotopic (exact) mass is 431 g/mol. The van der Waals surface area contributed by atoms with Gasteiger partial charge < -0.3 is 14.8 Å². The summed E-state index contributed by atoms with van der Waals surface area (Å²) in [6.45, 7) is 0.242. The molecule has 0 bridgehead atoms. The minimum absolute atomic E-state index is 0.126. The zero-order valence-electron chi connectivity index (χ0n) is 18.3. The Balaban J connectivity index is 1.36. The van der Waals surface area contributed by atoms with Crippen LogP contribution in [0.1, 0.15) is 50.5 Å². The number of amides is 1. The SMILES string of the molecule is O=C(CCc1cn(-c2ccccc2)nc1-c1ccc2c(c1)OCO2)NC1CCCCCC1. The van der Waals surface area contributed by atoms with Gasteiger partial charge in [0.05, 0.1) is 11.4 Å². The molecule has 1 amide bonds. The molecular weight excluding hydrogens is 402 g/mol. The highest BCUT2D eigenvalue weighted by atomic mass is 16.7. The zero-order chi connectivity index (χ0) is 21.8. The van der Waals surface area contributed by atoms with Gasteiger partial charge in [0.2, 0.25) is 12.7 Å². The lowest BCUT2D eigenvalue weighted by Gasteiger charge is -2.16. The van der Waals surface area contributed by atoms with Crippen LogP contribution in [0.15, 0.2) is 54.7 Å². The van der Waals surface area contributed by atoms with Crippen LogP contribution in [0.5, 0.6) is 11.5 Å². The van der Waals surface area contributed by atoms with E-state index in [9.17, 15) is 4.79 Å². The van der Waals surface area contributed by atoms with Gasteiger partial charge in [0.25, 0.3) is 0 Å². The molecule has 2 aromatic carbocycles. The Bertz CT molecular complexity index is 1070. The smallest absolute Gasteiger partial charge is 0.231 e. The summed E-state index contributed by atoms with van der Waals surface area (Å²) in [5.41, 5.74) is 3.87. The Kier molecular flexibility index (Phi) is 6.10. The third-order valence-corrected chi connectivity index (χ3v) is 6.30. The number of hydrogen-bond acceptors (Lipinski definition) is 4. The first-order valence-electron chi connectivity index (χ1n) is 11.6. The highest BCUT2D eigenvalue weighted by Gasteiger charge is 2.19. The number of aromatic nitrogens is 2. The Morgan fingerprint density at radius 3 is 2.59 bits per heavy atom. The van der Waals surface area contributed by atoms with Crippen molar-refractivity contribution in [2.75, 3.05) is 6.79 Å². The number of para-hydroxylation sites is 1. The Hall–Kier alpha value is -3.28. The van der Waals surface area contributed by atoms with Gasteiger partial charge >= 0.3 is 0 Å². The molecule has 3 aromatic rings. The molecule has 0 atom stereocenters. The standard InChI is InChI=1S/C26H29N3O3/c30-25(27-21-8-4-1-2-5-9-21)15-13-20-17-29(22-10-6-3-7-11-22)28-26(20)19-12-14-23-24(16-19)32-18-31-23/h3,6-7,10-12,14,16-17,21H,1-2,4-5,8-9,13,15,18H2,(H,27,30). The van der Waals surface area contributed by atoms with E-state index in [0.717, 1.165) is 46.8 Å². The van der Waals surface area contributed by atoms with E-state index in [0.29, 0.717) is 18.9 Å². The molecule has 5 rings (SSSR count).